The van der Waals surface area contributed by atoms with Gasteiger partial charge in [0.2, 0.25) is 5.82 Å². The molecule has 2 heterocycles. The molecule has 0 saturated carbocycles. The fraction of sp³-hybridized carbons (Fsp3) is 0.286. The van der Waals surface area contributed by atoms with Crippen molar-refractivity contribution in [3.05, 3.63) is 71.7 Å². The molecule has 0 aliphatic carbocycles. The van der Waals surface area contributed by atoms with Gasteiger partial charge in [-0.3, -0.25) is 4.79 Å². The lowest BCUT2D eigenvalue weighted by Gasteiger charge is -2.19. The summed E-state index contributed by atoms with van der Waals surface area (Å²) in [5.41, 5.74) is -0.791. The molecule has 2 aromatic heterocycles. The Morgan fingerprint density at radius 2 is 1.77 bits per heavy atom. The molecular weight excluding hydrogens is 516 g/mol. The minimum absolute atomic E-state index is 0.0336. The summed E-state index contributed by atoms with van der Waals surface area (Å²) in [6, 6.07) is 10.4. The number of halogens is 4. The van der Waals surface area contributed by atoms with Gasteiger partial charge in [0.05, 0.1) is 12.0 Å². The van der Waals surface area contributed by atoms with Gasteiger partial charge in [0, 0.05) is 29.4 Å². The number of ether oxygens (including phenoxy) is 1. The van der Waals surface area contributed by atoms with Crippen molar-refractivity contribution >= 4 is 11.8 Å². The minimum Gasteiger partial charge on any atom is -0.460 e. The summed E-state index contributed by atoms with van der Waals surface area (Å²) in [4.78, 5) is 20.5. The molecule has 39 heavy (non-hydrogen) atoms. The van der Waals surface area contributed by atoms with Crippen LogP contribution in [-0.2, 0) is 15.7 Å². The van der Waals surface area contributed by atoms with Crippen LogP contribution < -0.4 is 5.32 Å². The Kier molecular flexibility index (Phi) is 7.71. The fourth-order valence-corrected chi connectivity index (χ4v) is 3.84. The van der Waals surface area contributed by atoms with Gasteiger partial charge in [0.15, 0.2) is 0 Å². The van der Waals surface area contributed by atoms with Gasteiger partial charge in [0.1, 0.15) is 17.2 Å². The van der Waals surface area contributed by atoms with E-state index in [4.69, 9.17) is 9.26 Å². The van der Waals surface area contributed by atoms with Crippen molar-refractivity contribution < 1.29 is 31.6 Å². The first-order valence-corrected chi connectivity index (χ1v) is 12.0. The number of hydrogen-bond donors (Lipinski definition) is 1. The van der Waals surface area contributed by atoms with Crippen LogP contribution in [0.4, 0.5) is 23.4 Å². The average Bonchev–Trinajstić information content (AvgIpc) is 3.34. The maximum absolute atomic E-state index is 14.2. The maximum Gasteiger partial charge on any atom is 0.417 e. The van der Waals surface area contributed by atoms with Crippen LogP contribution in [0.1, 0.15) is 38.3 Å². The standard InChI is InChI=1S/C28H26F4N4O3/c1-16-13-18(15-34-24(16)33-12-11-23(37)38-27(2,3)4)25-35-26(39-36-25)17-9-10-19(21(14-17)28(30,31)32)20-7-5-6-8-22(20)29/h5-10,13-15H,11-12H2,1-4H3,(H,33,34). The summed E-state index contributed by atoms with van der Waals surface area (Å²) in [7, 11) is 0. The second-order valence-electron chi connectivity index (χ2n) is 9.81. The normalized spacial score (nSPS) is 11.9. The van der Waals surface area contributed by atoms with Gasteiger partial charge in [0.25, 0.3) is 5.89 Å². The maximum atomic E-state index is 14.2. The zero-order chi connectivity index (χ0) is 28.4. The summed E-state index contributed by atoms with van der Waals surface area (Å²) in [6.07, 6.45) is -3.10. The molecule has 7 nitrogen and oxygen atoms in total. The Hall–Kier alpha value is -4.28. The monoisotopic (exact) mass is 542 g/mol. The molecule has 0 bridgehead atoms. The Bertz CT molecular complexity index is 1490. The largest absolute Gasteiger partial charge is 0.460 e. The number of aromatic nitrogens is 3. The van der Waals surface area contributed by atoms with Crippen LogP contribution in [0.2, 0.25) is 0 Å². The van der Waals surface area contributed by atoms with E-state index in [9.17, 15) is 22.4 Å². The summed E-state index contributed by atoms with van der Waals surface area (Å²) >= 11 is 0. The molecule has 0 amide bonds. The van der Waals surface area contributed by atoms with Gasteiger partial charge < -0.3 is 14.6 Å². The van der Waals surface area contributed by atoms with Gasteiger partial charge in [-0.2, -0.15) is 18.2 Å². The van der Waals surface area contributed by atoms with Crippen LogP contribution in [0, 0.1) is 12.7 Å². The van der Waals surface area contributed by atoms with Crippen molar-refractivity contribution in [1.29, 1.82) is 0 Å². The van der Waals surface area contributed by atoms with Gasteiger partial charge in [-0.1, -0.05) is 29.4 Å². The first-order valence-electron chi connectivity index (χ1n) is 12.0. The molecule has 0 saturated heterocycles. The van der Waals surface area contributed by atoms with E-state index in [1.165, 1.54) is 36.5 Å². The summed E-state index contributed by atoms with van der Waals surface area (Å²) < 4.78 is 66.4. The molecule has 0 fully saturated rings. The number of pyridine rings is 1. The van der Waals surface area contributed by atoms with Crippen molar-refractivity contribution in [3.63, 3.8) is 0 Å². The second-order valence-corrected chi connectivity index (χ2v) is 9.81. The summed E-state index contributed by atoms with van der Waals surface area (Å²) in [5.74, 6) is -0.550. The molecule has 0 unspecified atom stereocenters. The number of rotatable bonds is 7. The van der Waals surface area contributed by atoms with Crippen LogP contribution in [0.15, 0.2) is 59.3 Å². The van der Waals surface area contributed by atoms with Crippen molar-refractivity contribution in [2.45, 2.75) is 45.9 Å². The number of carbonyl (C=O) groups excluding carboxylic acids is 1. The predicted octanol–water partition coefficient (Wildman–Crippen LogP) is 7.08. The number of benzene rings is 2. The number of anilines is 1. The number of nitrogens with one attached hydrogen (secondary N) is 1. The number of carbonyl (C=O) groups is 1. The van der Waals surface area contributed by atoms with E-state index in [1.807, 2.05) is 0 Å². The van der Waals surface area contributed by atoms with Gasteiger partial charge in [-0.15, -0.1) is 0 Å². The topological polar surface area (TPSA) is 90.1 Å². The van der Waals surface area contributed by atoms with Crippen LogP contribution >= 0.6 is 0 Å². The molecule has 4 aromatic rings. The highest BCUT2D eigenvalue weighted by atomic mass is 19.4. The molecular formula is C28H26F4N4O3. The SMILES string of the molecule is Cc1cc(-c2noc(-c3ccc(-c4ccccc4F)c(C(F)(F)F)c3)n2)cnc1NCCC(=O)OC(C)(C)C. The quantitative estimate of drug-likeness (QED) is 0.197. The van der Waals surface area contributed by atoms with Crippen molar-refractivity contribution in [2.24, 2.45) is 0 Å². The van der Waals surface area contributed by atoms with E-state index in [2.05, 4.69) is 20.4 Å². The first-order chi connectivity index (χ1) is 18.3. The molecule has 0 aliphatic heterocycles. The van der Waals surface area contributed by atoms with Gasteiger partial charge in [-0.05, 0) is 63.1 Å². The van der Waals surface area contributed by atoms with Crippen molar-refractivity contribution in [1.82, 2.24) is 15.1 Å². The number of alkyl halides is 3. The molecule has 0 spiro atoms. The third-order valence-corrected chi connectivity index (χ3v) is 5.54. The van der Waals surface area contributed by atoms with E-state index in [0.29, 0.717) is 17.9 Å². The zero-order valence-electron chi connectivity index (χ0n) is 21.7. The van der Waals surface area contributed by atoms with E-state index in [1.54, 1.807) is 33.8 Å². The van der Waals surface area contributed by atoms with Gasteiger partial charge >= 0.3 is 12.1 Å². The van der Waals surface area contributed by atoms with Crippen LogP contribution in [-0.4, -0.2) is 33.2 Å². The molecule has 0 atom stereocenters. The highest BCUT2D eigenvalue weighted by molar-refractivity contribution is 5.73. The lowest BCUT2D eigenvalue weighted by Crippen LogP contribution is -2.25. The number of nitrogens with zero attached hydrogens (tertiary/aromatic N) is 3. The van der Waals surface area contributed by atoms with Crippen molar-refractivity contribution in [2.75, 3.05) is 11.9 Å². The smallest absolute Gasteiger partial charge is 0.417 e. The Morgan fingerprint density at radius 3 is 2.44 bits per heavy atom. The fourth-order valence-electron chi connectivity index (χ4n) is 3.84. The first kappa shape index (κ1) is 27.7. The van der Waals surface area contributed by atoms with Crippen LogP contribution in [0.3, 0.4) is 0 Å². The predicted molar refractivity (Wildman–Crippen MR) is 137 cm³/mol. The van der Waals surface area contributed by atoms with Gasteiger partial charge in [-0.25, -0.2) is 9.37 Å². The third-order valence-electron chi connectivity index (χ3n) is 5.54. The van der Waals surface area contributed by atoms with Crippen molar-refractivity contribution in [3.8, 4) is 34.0 Å². The Morgan fingerprint density at radius 1 is 1.03 bits per heavy atom. The van der Waals surface area contributed by atoms with Crippen LogP contribution in [0.25, 0.3) is 34.0 Å². The zero-order valence-corrected chi connectivity index (χ0v) is 21.7. The summed E-state index contributed by atoms with van der Waals surface area (Å²) in [5, 5.41) is 6.96. The number of hydrogen-bond acceptors (Lipinski definition) is 7. The number of esters is 1. The Labute approximate surface area is 222 Å². The second kappa shape index (κ2) is 10.8. The third kappa shape index (κ3) is 6.78. The molecule has 11 heteroatoms. The lowest BCUT2D eigenvalue weighted by molar-refractivity contribution is -0.154. The molecule has 4 rings (SSSR count). The highest BCUT2D eigenvalue weighted by Gasteiger charge is 2.35. The molecule has 1 N–H and O–H groups in total. The lowest BCUT2D eigenvalue weighted by atomic mass is 9.96. The molecule has 0 radical (unpaired) electrons. The van der Waals surface area contributed by atoms with E-state index in [-0.39, 0.29) is 40.8 Å². The molecule has 2 aromatic carbocycles. The van der Waals surface area contributed by atoms with E-state index < -0.39 is 23.2 Å². The minimum atomic E-state index is -4.75. The molecule has 0 aliphatic rings. The van der Waals surface area contributed by atoms with E-state index in [0.717, 1.165) is 17.7 Å². The van der Waals surface area contributed by atoms with E-state index >= 15 is 0 Å². The van der Waals surface area contributed by atoms with Crippen LogP contribution in [0.5, 0.6) is 0 Å². The number of aryl methyl sites for hydroxylation is 1. The Balaban J connectivity index is 1.53. The average molecular weight is 543 g/mol. The molecule has 204 valence electrons. The summed E-state index contributed by atoms with van der Waals surface area (Å²) in [6.45, 7) is 7.50. The highest BCUT2D eigenvalue weighted by Crippen LogP contribution is 2.40.